The van der Waals surface area contributed by atoms with Crippen LogP contribution in [0.2, 0.25) is 0 Å². The van der Waals surface area contributed by atoms with E-state index in [9.17, 15) is 9.59 Å². The predicted octanol–water partition coefficient (Wildman–Crippen LogP) is 4.52. The third kappa shape index (κ3) is 4.89. The molecule has 1 unspecified atom stereocenters. The molecule has 4 aromatic rings. The molecule has 0 radical (unpaired) electrons. The molecule has 2 aliphatic rings. The maximum Gasteiger partial charge on any atom is 0.289 e. The van der Waals surface area contributed by atoms with E-state index in [1.54, 1.807) is 23.2 Å². The molecule has 0 saturated carbocycles. The normalized spacial score (nSPS) is 17.3. The van der Waals surface area contributed by atoms with Gasteiger partial charge >= 0.3 is 0 Å². The van der Waals surface area contributed by atoms with Crippen molar-refractivity contribution >= 4 is 17.6 Å². The molecule has 38 heavy (non-hydrogen) atoms. The molecule has 1 aliphatic carbocycles. The van der Waals surface area contributed by atoms with E-state index in [2.05, 4.69) is 9.88 Å². The van der Waals surface area contributed by atoms with Crippen molar-refractivity contribution in [2.24, 2.45) is 0 Å². The number of carbonyl (C=O) groups is 2. The Labute approximate surface area is 220 Å². The number of nitrogens with zero attached hydrogens (tertiary/aromatic N) is 4. The number of amides is 1. The molecule has 192 valence electrons. The molecule has 0 N–H and O–H groups in total. The summed E-state index contributed by atoms with van der Waals surface area (Å²) in [7, 11) is 0. The fourth-order valence-electron chi connectivity index (χ4n) is 5.16. The van der Waals surface area contributed by atoms with Crippen molar-refractivity contribution < 1.29 is 18.7 Å². The number of Topliss-reactive ketones (excluding diaryl/α,β-unsaturated/α-hetero) is 1. The van der Waals surface area contributed by atoms with Crippen LogP contribution in [0, 0.1) is 0 Å². The molecule has 2 aromatic carbocycles. The average Bonchev–Trinajstić information content (AvgIpc) is 3.51. The Hall–Kier alpha value is -4.46. The number of para-hydroxylation sites is 1. The zero-order valence-electron chi connectivity index (χ0n) is 21.0. The van der Waals surface area contributed by atoms with E-state index in [0.29, 0.717) is 62.9 Å². The van der Waals surface area contributed by atoms with E-state index < -0.39 is 0 Å². The van der Waals surface area contributed by atoms with Gasteiger partial charge in [0.2, 0.25) is 5.95 Å². The van der Waals surface area contributed by atoms with E-state index in [1.807, 2.05) is 54.6 Å². The average molecular weight is 509 g/mol. The molecule has 8 heteroatoms. The first-order valence-electron chi connectivity index (χ1n) is 12.9. The van der Waals surface area contributed by atoms with Gasteiger partial charge in [0.25, 0.3) is 5.91 Å². The highest BCUT2D eigenvalue weighted by atomic mass is 16.5. The lowest BCUT2D eigenvalue weighted by atomic mass is 9.82. The molecule has 1 saturated heterocycles. The van der Waals surface area contributed by atoms with Crippen LogP contribution in [0.15, 0.2) is 83.6 Å². The van der Waals surface area contributed by atoms with Crippen LogP contribution in [0.5, 0.6) is 5.75 Å². The summed E-state index contributed by atoms with van der Waals surface area (Å²) in [6.07, 6.45) is 4.20. The van der Waals surface area contributed by atoms with Crippen molar-refractivity contribution in [2.75, 3.05) is 31.1 Å². The number of anilines is 1. The van der Waals surface area contributed by atoms with Crippen LogP contribution in [0.1, 0.15) is 50.1 Å². The topological polar surface area (TPSA) is 88.8 Å². The van der Waals surface area contributed by atoms with Crippen molar-refractivity contribution in [3.63, 3.8) is 0 Å². The summed E-state index contributed by atoms with van der Waals surface area (Å²) in [5.74, 6) is 1.66. The number of hydrogen-bond donors (Lipinski definition) is 0. The first kappa shape index (κ1) is 23.9. The summed E-state index contributed by atoms with van der Waals surface area (Å²) in [6.45, 7) is 2.79. The third-order valence-corrected chi connectivity index (χ3v) is 7.20. The first-order valence-corrected chi connectivity index (χ1v) is 12.9. The van der Waals surface area contributed by atoms with E-state index in [0.717, 1.165) is 22.6 Å². The highest BCUT2D eigenvalue weighted by Crippen LogP contribution is 2.37. The van der Waals surface area contributed by atoms with Gasteiger partial charge < -0.3 is 19.0 Å². The molecule has 8 nitrogen and oxygen atoms in total. The number of ketones is 1. The van der Waals surface area contributed by atoms with Gasteiger partial charge in [-0.05, 0) is 35.7 Å². The minimum Gasteiger partial charge on any atom is -0.489 e. The van der Waals surface area contributed by atoms with Gasteiger partial charge in [0.05, 0.1) is 17.5 Å². The zero-order valence-corrected chi connectivity index (χ0v) is 21.0. The standard InChI is InChI=1S/C30H28N4O4/c35-26-18-22(23-9-4-5-10-27(23)38-20-21-7-2-1-3-8-21)17-25-24(26)19-31-30(32-25)34-14-12-33(13-15-34)29(36)28-11-6-16-37-28/h1-11,16,19,22H,12-15,17-18,20H2. The van der Waals surface area contributed by atoms with Gasteiger partial charge in [-0.15, -0.1) is 0 Å². The van der Waals surface area contributed by atoms with Crippen molar-refractivity contribution in [3.8, 4) is 5.75 Å². The van der Waals surface area contributed by atoms with Crippen LogP contribution < -0.4 is 9.64 Å². The Morgan fingerprint density at radius 1 is 0.947 bits per heavy atom. The molecule has 1 aliphatic heterocycles. The number of hydrogen-bond acceptors (Lipinski definition) is 7. The van der Waals surface area contributed by atoms with Crippen molar-refractivity contribution in [3.05, 3.63) is 107 Å². The van der Waals surface area contributed by atoms with Gasteiger partial charge in [0, 0.05) is 44.7 Å². The fraction of sp³-hybridized carbons (Fsp3) is 0.267. The van der Waals surface area contributed by atoms with Gasteiger partial charge in [0.1, 0.15) is 12.4 Å². The monoisotopic (exact) mass is 508 g/mol. The van der Waals surface area contributed by atoms with Crippen LogP contribution in [0.25, 0.3) is 0 Å². The number of rotatable bonds is 6. The van der Waals surface area contributed by atoms with Crippen LogP contribution in [0.4, 0.5) is 5.95 Å². The van der Waals surface area contributed by atoms with E-state index in [4.69, 9.17) is 14.1 Å². The van der Waals surface area contributed by atoms with E-state index >= 15 is 0 Å². The number of benzene rings is 2. The van der Waals surface area contributed by atoms with Gasteiger partial charge in [-0.2, -0.15) is 0 Å². The van der Waals surface area contributed by atoms with Gasteiger partial charge in [-0.1, -0.05) is 48.5 Å². The fourth-order valence-corrected chi connectivity index (χ4v) is 5.16. The molecule has 0 spiro atoms. The van der Waals surface area contributed by atoms with Crippen molar-refractivity contribution in [1.82, 2.24) is 14.9 Å². The van der Waals surface area contributed by atoms with E-state index in [-0.39, 0.29) is 17.6 Å². The third-order valence-electron chi connectivity index (χ3n) is 7.20. The summed E-state index contributed by atoms with van der Waals surface area (Å²) in [4.78, 5) is 38.9. The van der Waals surface area contributed by atoms with E-state index in [1.165, 1.54) is 6.26 Å². The van der Waals surface area contributed by atoms with Gasteiger partial charge in [-0.25, -0.2) is 9.97 Å². The molecular formula is C30H28N4O4. The summed E-state index contributed by atoms with van der Waals surface area (Å²) in [5, 5.41) is 0. The Bertz CT molecular complexity index is 1430. The molecule has 0 bridgehead atoms. The number of furan rings is 1. The molecule has 6 rings (SSSR count). The number of aromatic nitrogens is 2. The highest BCUT2D eigenvalue weighted by molar-refractivity contribution is 5.98. The molecule has 3 heterocycles. The Morgan fingerprint density at radius 2 is 1.74 bits per heavy atom. The molecular weight excluding hydrogens is 480 g/mol. The number of ether oxygens (including phenoxy) is 1. The molecule has 1 atom stereocenters. The molecule has 1 fully saturated rings. The maximum absolute atomic E-state index is 13.1. The second-order valence-electron chi connectivity index (χ2n) is 9.63. The number of carbonyl (C=O) groups excluding carboxylic acids is 2. The summed E-state index contributed by atoms with van der Waals surface area (Å²) in [6, 6.07) is 21.4. The minimum atomic E-state index is -0.109. The predicted molar refractivity (Wildman–Crippen MR) is 141 cm³/mol. The largest absolute Gasteiger partial charge is 0.489 e. The summed E-state index contributed by atoms with van der Waals surface area (Å²) < 4.78 is 11.4. The van der Waals surface area contributed by atoms with Crippen molar-refractivity contribution in [2.45, 2.75) is 25.4 Å². The lowest BCUT2D eigenvalue weighted by Gasteiger charge is -2.34. The molecule has 1 amide bonds. The second kappa shape index (κ2) is 10.5. The van der Waals surface area contributed by atoms with Crippen LogP contribution in [-0.2, 0) is 13.0 Å². The van der Waals surface area contributed by atoms with Gasteiger partial charge in [0.15, 0.2) is 11.5 Å². The Kier molecular flexibility index (Phi) is 6.60. The van der Waals surface area contributed by atoms with Gasteiger partial charge in [-0.3, -0.25) is 9.59 Å². The smallest absolute Gasteiger partial charge is 0.289 e. The number of fused-ring (bicyclic) bond motifs is 1. The SMILES string of the molecule is O=C1CC(c2ccccc2OCc2ccccc2)Cc2nc(N3CCN(C(=O)c4ccco4)CC3)ncc21. The minimum absolute atomic E-state index is 0.0208. The second-order valence-corrected chi connectivity index (χ2v) is 9.63. The Morgan fingerprint density at radius 3 is 2.53 bits per heavy atom. The first-order chi connectivity index (χ1) is 18.7. The number of piperazine rings is 1. The summed E-state index contributed by atoms with van der Waals surface area (Å²) >= 11 is 0. The lowest BCUT2D eigenvalue weighted by Crippen LogP contribution is -2.49. The van der Waals surface area contributed by atoms with Crippen LogP contribution in [0.3, 0.4) is 0 Å². The quantitative estimate of drug-likeness (QED) is 0.378. The zero-order chi connectivity index (χ0) is 25.9. The summed E-state index contributed by atoms with van der Waals surface area (Å²) in [5.41, 5.74) is 3.48. The van der Waals surface area contributed by atoms with Crippen LogP contribution >= 0.6 is 0 Å². The van der Waals surface area contributed by atoms with Crippen molar-refractivity contribution in [1.29, 1.82) is 0 Å². The lowest BCUT2D eigenvalue weighted by molar-refractivity contribution is 0.0714. The van der Waals surface area contributed by atoms with Crippen LogP contribution in [-0.4, -0.2) is 52.7 Å². The highest BCUT2D eigenvalue weighted by Gasteiger charge is 2.31. The molecule has 2 aromatic heterocycles. The maximum atomic E-state index is 13.1. The Balaban J connectivity index is 1.16.